The highest BCUT2D eigenvalue weighted by atomic mass is 31.0. The number of hydrogen-bond donors (Lipinski definition) is 0. The van der Waals surface area contributed by atoms with Crippen LogP contribution in [-0.2, 0) is 0 Å². The zero-order valence-electron chi connectivity index (χ0n) is 11.8. The van der Waals surface area contributed by atoms with Crippen molar-refractivity contribution in [2.45, 2.75) is 6.92 Å². The van der Waals surface area contributed by atoms with Gasteiger partial charge in [-0.25, -0.2) is 0 Å². The van der Waals surface area contributed by atoms with Crippen LogP contribution in [0.4, 0.5) is 0 Å². The first-order valence-electron chi connectivity index (χ1n) is 6.74. The van der Waals surface area contributed by atoms with Crippen molar-refractivity contribution in [1.82, 2.24) is 0 Å². The molecule has 0 saturated heterocycles. The minimum Gasteiger partial charge on any atom is -0.480 e. The lowest BCUT2D eigenvalue weighted by atomic mass is 9.99. The van der Waals surface area contributed by atoms with E-state index in [-0.39, 0.29) is 0 Å². The maximum atomic E-state index is 5.36. The van der Waals surface area contributed by atoms with Gasteiger partial charge in [-0.05, 0) is 47.5 Å². The molecular formula is C19H15OP. The first-order valence-corrected chi connectivity index (χ1v) is 7.21. The molecule has 3 aromatic carbocycles. The lowest BCUT2D eigenvalue weighted by molar-refractivity contribution is 0.648. The Labute approximate surface area is 127 Å². The molecule has 3 rings (SSSR count). The topological polar surface area (TPSA) is 9.23 Å². The number of rotatable bonds is 2. The molecule has 0 fully saturated rings. The van der Waals surface area contributed by atoms with E-state index in [0.29, 0.717) is 0 Å². The molecule has 3 aromatic rings. The molecule has 0 spiro atoms. The van der Waals surface area contributed by atoms with Crippen molar-refractivity contribution < 1.29 is 4.52 Å². The summed E-state index contributed by atoms with van der Waals surface area (Å²) in [5.41, 5.74) is 3.29. The van der Waals surface area contributed by atoms with Gasteiger partial charge < -0.3 is 4.52 Å². The Morgan fingerprint density at radius 3 is 2.48 bits per heavy atom. The molecule has 0 radical (unpaired) electrons. The van der Waals surface area contributed by atoms with Crippen molar-refractivity contribution in [3.8, 4) is 28.7 Å². The van der Waals surface area contributed by atoms with Crippen LogP contribution in [0.1, 0.15) is 12.5 Å². The van der Waals surface area contributed by atoms with Crippen molar-refractivity contribution in [2.24, 2.45) is 0 Å². The van der Waals surface area contributed by atoms with Gasteiger partial charge in [0, 0.05) is 11.1 Å². The molecule has 0 aliphatic rings. The van der Waals surface area contributed by atoms with Gasteiger partial charge in [-0.1, -0.05) is 42.3 Å². The molecule has 0 bridgehead atoms. The van der Waals surface area contributed by atoms with Crippen LogP contribution in [-0.4, -0.2) is 0 Å². The van der Waals surface area contributed by atoms with E-state index in [1.54, 1.807) is 0 Å². The largest absolute Gasteiger partial charge is 0.480 e. The Kier molecular flexibility index (Phi) is 3.91. The summed E-state index contributed by atoms with van der Waals surface area (Å²) in [7, 11) is 2.31. The molecule has 0 aliphatic carbocycles. The van der Waals surface area contributed by atoms with E-state index in [2.05, 4.69) is 63.8 Å². The van der Waals surface area contributed by atoms with Crippen LogP contribution in [0.2, 0.25) is 0 Å². The fraction of sp³-hybridized carbons (Fsp3) is 0.0526. The quantitative estimate of drug-likeness (QED) is 0.474. The summed E-state index contributed by atoms with van der Waals surface area (Å²) in [5.74, 6) is 6.88. The third kappa shape index (κ3) is 2.77. The summed E-state index contributed by atoms with van der Waals surface area (Å²) in [5, 5.41) is 2.40. The van der Waals surface area contributed by atoms with Gasteiger partial charge in [0.1, 0.15) is 5.75 Å². The lowest BCUT2D eigenvalue weighted by Crippen LogP contribution is -1.84. The van der Waals surface area contributed by atoms with Crippen molar-refractivity contribution in [3.05, 3.63) is 66.2 Å². The summed E-state index contributed by atoms with van der Waals surface area (Å²) in [6.07, 6.45) is 0. The third-order valence-corrected chi connectivity index (χ3v) is 3.69. The Morgan fingerprint density at radius 2 is 1.67 bits per heavy atom. The average molecular weight is 290 g/mol. The van der Waals surface area contributed by atoms with Crippen molar-refractivity contribution in [2.75, 3.05) is 0 Å². The summed E-state index contributed by atoms with van der Waals surface area (Å²) >= 11 is 0. The second kappa shape index (κ2) is 6.00. The molecule has 0 aliphatic heterocycles. The Bertz CT molecular complexity index is 856. The second-order valence-corrected chi connectivity index (χ2v) is 5.00. The lowest BCUT2D eigenvalue weighted by Gasteiger charge is -2.09. The average Bonchev–Trinajstić information content (AvgIpc) is 2.54. The summed E-state index contributed by atoms with van der Waals surface area (Å²) in [6.45, 7) is 1.85. The standard InChI is InChI=1S/C19H15OP/c1-2-5-14-8-9-16-13-17(11-10-15(16)12-14)18-6-3-4-7-19(18)20-21/h3-4,6-13H,21H2,1H3. The summed E-state index contributed by atoms with van der Waals surface area (Å²) in [6, 6.07) is 20.7. The molecule has 0 heterocycles. The molecule has 1 atom stereocenters. The first kappa shape index (κ1) is 13.7. The van der Waals surface area contributed by atoms with Crippen LogP contribution >= 0.6 is 9.47 Å². The van der Waals surface area contributed by atoms with E-state index in [1.807, 2.05) is 25.1 Å². The SMILES string of the molecule is CC#Cc1ccc2cc(-c3ccccc3OP)ccc2c1. The van der Waals surface area contributed by atoms with Gasteiger partial charge in [0.2, 0.25) is 0 Å². The second-order valence-electron chi connectivity index (χ2n) is 4.77. The number of benzene rings is 3. The Balaban J connectivity index is 2.12. The van der Waals surface area contributed by atoms with Crippen molar-refractivity contribution >= 4 is 20.2 Å². The molecule has 1 nitrogen and oxygen atoms in total. The molecule has 0 N–H and O–H groups in total. The van der Waals surface area contributed by atoms with Crippen LogP contribution in [0.5, 0.6) is 5.75 Å². The van der Waals surface area contributed by atoms with Crippen molar-refractivity contribution in [3.63, 3.8) is 0 Å². The van der Waals surface area contributed by atoms with Gasteiger partial charge in [0.25, 0.3) is 0 Å². The van der Waals surface area contributed by atoms with Gasteiger partial charge in [-0.3, -0.25) is 0 Å². The van der Waals surface area contributed by atoms with Gasteiger partial charge >= 0.3 is 0 Å². The number of fused-ring (bicyclic) bond motifs is 1. The van der Waals surface area contributed by atoms with E-state index in [9.17, 15) is 0 Å². The van der Waals surface area contributed by atoms with Crippen LogP contribution in [0.3, 0.4) is 0 Å². The molecule has 0 aromatic heterocycles. The van der Waals surface area contributed by atoms with Gasteiger partial charge in [-0.2, -0.15) is 0 Å². The maximum absolute atomic E-state index is 5.36. The Morgan fingerprint density at radius 1 is 0.905 bits per heavy atom. The molecule has 0 saturated carbocycles. The molecular weight excluding hydrogens is 275 g/mol. The predicted molar refractivity (Wildman–Crippen MR) is 92.3 cm³/mol. The molecule has 21 heavy (non-hydrogen) atoms. The fourth-order valence-electron chi connectivity index (χ4n) is 2.44. The van der Waals surface area contributed by atoms with Gasteiger partial charge in [0.05, 0.1) is 9.47 Å². The Hall–Kier alpha value is -2.29. The normalized spacial score (nSPS) is 10.0. The number of para-hydroxylation sites is 1. The van der Waals surface area contributed by atoms with Crippen molar-refractivity contribution in [1.29, 1.82) is 0 Å². The summed E-state index contributed by atoms with van der Waals surface area (Å²) in [4.78, 5) is 0. The van der Waals surface area contributed by atoms with E-state index >= 15 is 0 Å². The van der Waals surface area contributed by atoms with Gasteiger partial charge in [-0.15, -0.1) is 5.92 Å². The number of hydrogen-bond acceptors (Lipinski definition) is 1. The van der Waals surface area contributed by atoms with E-state index in [4.69, 9.17) is 4.52 Å². The van der Waals surface area contributed by atoms with E-state index in [0.717, 1.165) is 22.4 Å². The van der Waals surface area contributed by atoms with Crippen LogP contribution in [0, 0.1) is 11.8 Å². The smallest absolute Gasteiger partial charge is 0.130 e. The summed E-state index contributed by atoms with van der Waals surface area (Å²) < 4.78 is 5.36. The predicted octanol–water partition coefficient (Wildman–Crippen LogP) is 5.05. The van der Waals surface area contributed by atoms with Crippen LogP contribution < -0.4 is 4.52 Å². The zero-order valence-corrected chi connectivity index (χ0v) is 12.9. The fourth-order valence-corrected chi connectivity index (χ4v) is 2.65. The third-order valence-electron chi connectivity index (χ3n) is 3.43. The van der Waals surface area contributed by atoms with Gasteiger partial charge in [0.15, 0.2) is 0 Å². The highest BCUT2D eigenvalue weighted by molar-refractivity contribution is 7.10. The van der Waals surface area contributed by atoms with E-state index < -0.39 is 0 Å². The molecule has 102 valence electrons. The molecule has 2 heteroatoms. The minimum atomic E-state index is 0.857. The first-order chi connectivity index (χ1) is 10.3. The minimum absolute atomic E-state index is 0.857. The molecule has 0 amide bonds. The zero-order chi connectivity index (χ0) is 14.7. The highest BCUT2D eigenvalue weighted by Gasteiger charge is 2.05. The van der Waals surface area contributed by atoms with Crippen LogP contribution in [0.15, 0.2) is 60.7 Å². The van der Waals surface area contributed by atoms with E-state index in [1.165, 1.54) is 10.8 Å². The highest BCUT2D eigenvalue weighted by Crippen LogP contribution is 2.32. The van der Waals surface area contributed by atoms with Crippen LogP contribution in [0.25, 0.3) is 21.9 Å². The maximum Gasteiger partial charge on any atom is 0.130 e. The monoisotopic (exact) mass is 290 g/mol. The molecule has 1 unspecified atom stereocenters.